The smallest absolute Gasteiger partial charge is 0.325 e. The highest BCUT2D eigenvalue weighted by Gasteiger charge is 2.33. The Bertz CT molecular complexity index is 1210. The second-order valence-corrected chi connectivity index (χ2v) is 7.52. The fourth-order valence-corrected chi connectivity index (χ4v) is 3.96. The molecule has 0 spiro atoms. The first-order chi connectivity index (χ1) is 13.5. The summed E-state index contributed by atoms with van der Waals surface area (Å²) in [7, 11) is 0. The van der Waals surface area contributed by atoms with Gasteiger partial charge in [-0.3, -0.25) is 4.79 Å². The van der Waals surface area contributed by atoms with Crippen LogP contribution >= 0.6 is 23.2 Å². The zero-order chi connectivity index (χ0) is 19.4. The number of fused-ring (bicyclic) bond motifs is 2. The summed E-state index contributed by atoms with van der Waals surface area (Å²) < 4.78 is 7.39. The van der Waals surface area contributed by atoms with Gasteiger partial charge in [0.15, 0.2) is 5.58 Å². The van der Waals surface area contributed by atoms with Crippen molar-refractivity contribution in [3.63, 3.8) is 0 Å². The Balaban J connectivity index is 1.68. The van der Waals surface area contributed by atoms with Crippen LogP contribution < -0.4 is 5.32 Å². The number of amides is 1. The number of hydrogen-bond acceptors (Lipinski definition) is 4. The molecule has 0 saturated carbocycles. The maximum absolute atomic E-state index is 12.5. The molecule has 0 fully saturated rings. The number of rotatable bonds is 2. The summed E-state index contributed by atoms with van der Waals surface area (Å²) >= 11 is 12.3. The van der Waals surface area contributed by atoms with E-state index in [0.717, 1.165) is 22.3 Å². The van der Waals surface area contributed by atoms with Crippen LogP contribution in [0.5, 0.6) is 0 Å². The molecule has 4 aromatic rings. The maximum atomic E-state index is 12.5. The molecule has 1 unspecified atom stereocenters. The molecule has 1 aliphatic heterocycles. The number of benzene rings is 2. The van der Waals surface area contributed by atoms with Crippen molar-refractivity contribution in [3.05, 3.63) is 69.3 Å². The molecule has 0 bridgehead atoms. The van der Waals surface area contributed by atoms with Crippen molar-refractivity contribution in [3.8, 4) is 6.01 Å². The normalized spacial score (nSPS) is 16.2. The molecule has 5 rings (SSSR count). The molecule has 2 aromatic heterocycles. The van der Waals surface area contributed by atoms with Gasteiger partial charge in [0.25, 0.3) is 0 Å². The van der Waals surface area contributed by atoms with Crippen LogP contribution in [-0.2, 0) is 4.79 Å². The van der Waals surface area contributed by atoms with Gasteiger partial charge in [0.2, 0.25) is 5.91 Å². The topological polar surface area (TPSA) is 73.0 Å². The second kappa shape index (κ2) is 6.36. The summed E-state index contributed by atoms with van der Waals surface area (Å²) in [4.78, 5) is 17.0. The molecule has 3 heterocycles. The Kier molecular flexibility index (Phi) is 3.92. The molecule has 1 aliphatic rings. The number of para-hydroxylation sites is 2. The van der Waals surface area contributed by atoms with Gasteiger partial charge in [-0.25, -0.2) is 0 Å². The third-order valence-electron chi connectivity index (χ3n) is 4.91. The lowest BCUT2D eigenvalue weighted by Gasteiger charge is -2.24. The zero-order valence-corrected chi connectivity index (χ0v) is 16.3. The standard InChI is InChI=1S/C20H14Cl2N4O2/c1-10-18-12(11-6-7-13(21)14(22)8-11)9-17(27)24-19(18)26(25-10)20-23-15-4-2-3-5-16(15)28-20/h2-8,12H,9H2,1H3,(H,24,27). The minimum absolute atomic E-state index is 0.110. The number of hydrogen-bond donors (Lipinski definition) is 1. The first-order valence-electron chi connectivity index (χ1n) is 8.71. The Labute approximate surface area is 170 Å². The van der Waals surface area contributed by atoms with Crippen molar-refractivity contribution in [2.45, 2.75) is 19.3 Å². The minimum Gasteiger partial charge on any atom is -0.422 e. The van der Waals surface area contributed by atoms with Crippen LogP contribution in [0.25, 0.3) is 17.1 Å². The van der Waals surface area contributed by atoms with E-state index in [9.17, 15) is 4.79 Å². The molecule has 1 atom stereocenters. The third-order valence-corrected chi connectivity index (χ3v) is 5.65. The molecule has 8 heteroatoms. The summed E-state index contributed by atoms with van der Waals surface area (Å²) in [5.41, 5.74) is 3.99. The molecule has 0 saturated heterocycles. The number of aryl methyl sites for hydroxylation is 1. The van der Waals surface area contributed by atoms with Crippen LogP contribution in [0.1, 0.15) is 29.2 Å². The lowest BCUT2D eigenvalue weighted by atomic mass is 9.86. The lowest BCUT2D eigenvalue weighted by molar-refractivity contribution is -0.116. The molecule has 1 amide bonds. The second-order valence-electron chi connectivity index (χ2n) is 6.70. The summed E-state index contributed by atoms with van der Waals surface area (Å²) in [6.07, 6.45) is 0.297. The van der Waals surface area contributed by atoms with E-state index < -0.39 is 0 Å². The van der Waals surface area contributed by atoms with Crippen LogP contribution in [0, 0.1) is 6.92 Å². The largest absolute Gasteiger partial charge is 0.422 e. The van der Waals surface area contributed by atoms with E-state index in [4.69, 9.17) is 27.6 Å². The molecule has 28 heavy (non-hydrogen) atoms. The lowest BCUT2D eigenvalue weighted by Crippen LogP contribution is -2.25. The highest BCUT2D eigenvalue weighted by molar-refractivity contribution is 6.42. The van der Waals surface area contributed by atoms with Gasteiger partial charge in [0, 0.05) is 17.9 Å². The Morgan fingerprint density at radius 2 is 2.00 bits per heavy atom. The number of oxazole rings is 1. The van der Waals surface area contributed by atoms with Gasteiger partial charge in [-0.15, -0.1) is 0 Å². The minimum atomic E-state index is -0.184. The zero-order valence-electron chi connectivity index (χ0n) is 14.7. The average molecular weight is 413 g/mol. The van der Waals surface area contributed by atoms with E-state index in [2.05, 4.69) is 15.4 Å². The van der Waals surface area contributed by atoms with Gasteiger partial charge in [0.1, 0.15) is 11.3 Å². The third kappa shape index (κ3) is 2.68. The van der Waals surface area contributed by atoms with Gasteiger partial charge < -0.3 is 9.73 Å². The van der Waals surface area contributed by atoms with E-state index in [1.807, 2.05) is 37.3 Å². The number of carbonyl (C=O) groups is 1. The number of carbonyl (C=O) groups excluding carboxylic acids is 1. The predicted molar refractivity (Wildman–Crippen MR) is 107 cm³/mol. The van der Waals surface area contributed by atoms with E-state index in [0.29, 0.717) is 33.9 Å². The molecule has 140 valence electrons. The van der Waals surface area contributed by atoms with E-state index in [1.54, 1.807) is 16.8 Å². The van der Waals surface area contributed by atoms with Crippen LogP contribution in [0.3, 0.4) is 0 Å². The van der Waals surface area contributed by atoms with Crippen LogP contribution in [0.2, 0.25) is 10.0 Å². The number of nitrogens with zero attached hydrogens (tertiary/aromatic N) is 3. The first-order valence-corrected chi connectivity index (χ1v) is 9.47. The van der Waals surface area contributed by atoms with Gasteiger partial charge in [-0.2, -0.15) is 14.8 Å². The maximum Gasteiger partial charge on any atom is 0.325 e. The molecule has 0 radical (unpaired) electrons. The fourth-order valence-electron chi connectivity index (χ4n) is 3.65. The molecule has 6 nitrogen and oxygen atoms in total. The Morgan fingerprint density at radius 3 is 2.79 bits per heavy atom. The average Bonchev–Trinajstić information content (AvgIpc) is 3.24. The Hall–Kier alpha value is -2.83. The summed E-state index contributed by atoms with van der Waals surface area (Å²) in [6.45, 7) is 1.90. The number of nitrogens with one attached hydrogen (secondary N) is 1. The highest BCUT2D eigenvalue weighted by Crippen LogP contribution is 2.41. The first kappa shape index (κ1) is 17.3. The Morgan fingerprint density at radius 1 is 1.18 bits per heavy atom. The van der Waals surface area contributed by atoms with Crippen molar-refractivity contribution in [2.24, 2.45) is 0 Å². The van der Waals surface area contributed by atoms with Crippen molar-refractivity contribution < 1.29 is 9.21 Å². The number of halogens is 2. The summed E-state index contributed by atoms with van der Waals surface area (Å²) in [5.74, 6) is 0.272. The number of anilines is 1. The number of aromatic nitrogens is 3. The van der Waals surface area contributed by atoms with Gasteiger partial charge in [-0.1, -0.05) is 41.4 Å². The van der Waals surface area contributed by atoms with E-state index >= 15 is 0 Å². The van der Waals surface area contributed by atoms with Gasteiger partial charge in [-0.05, 0) is 36.8 Å². The molecule has 1 N–H and O–H groups in total. The van der Waals surface area contributed by atoms with Crippen LogP contribution in [-0.4, -0.2) is 20.7 Å². The fraction of sp³-hybridized carbons (Fsp3) is 0.150. The molecule has 0 aliphatic carbocycles. The molecular weight excluding hydrogens is 399 g/mol. The van der Waals surface area contributed by atoms with Crippen molar-refractivity contribution in [2.75, 3.05) is 5.32 Å². The SMILES string of the molecule is Cc1nn(-c2nc3ccccc3o2)c2c1C(c1ccc(Cl)c(Cl)c1)CC(=O)N2. The van der Waals surface area contributed by atoms with Gasteiger partial charge >= 0.3 is 6.01 Å². The summed E-state index contributed by atoms with van der Waals surface area (Å²) in [6, 6.07) is 13.2. The molecule has 2 aromatic carbocycles. The van der Waals surface area contributed by atoms with Gasteiger partial charge in [0.05, 0.1) is 15.7 Å². The van der Waals surface area contributed by atoms with E-state index in [1.165, 1.54) is 0 Å². The van der Waals surface area contributed by atoms with Crippen LogP contribution in [0.15, 0.2) is 46.9 Å². The highest BCUT2D eigenvalue weighted by atomic mass is 35.5. The summed E-state index contributed by atoms with van der Waals surface area (Å²) in [5, 5.41) is 8.45. The van der Waals surface area contributed by atoms with Crippen molar-refractivity contribution in [1.29, 1.82) is 0 Å². The molecular formula is C20H14Cl2N4O2. The van der Waals surface area contributed by atoms with Crippen molar-refractivity contribution in [1.82, 2.24) is 14.8 Å². The van der Waals surface area contributed by atoms with E-state index in [-0.39, 0.29) is 11.8 Å². The van der Waals surface area contributed by atoms with Crippen molar-refractivity contribution >= 4 is 46.0 Å². The monoisotopic (exact) mass is 412 g/mol. The quantitative estimate of drug-likeness (QED) is 0.496. The van der Waals surface area contributed by atoms with Crippen LogP contribution in [0.4, 0.5) is 5.82 Å². The predicted octanol–water partition coefficient (Wildman–Crippen LogP) is 5.10.